The maximum absolute atomic E-state index is 12.3. The minimum absolute atomic E-state index is 0.143. The Balaban J connectivity index is 1.87. The number of H-pyrrole nitrogens is 1. The van der Waals surface area contributed by atoms with Crippen LogP contribution >= 0.6 is 0 Å². The molecule has 0 aliphatic heterocycles. The van der Waals surface area contributed by atoms with Gasteiger partial charge in [-0.25, -0.2) is 0 Å². The van der Waals surface area contributed by atoms with Crippen LogP contribution in [0.5, 0.6) is 5.75 Å². The lowest BCUT2D eigenvalue weighted by atomic mass is 10.2. The molecule has 0 saturated carbocycles. The Labute approximate surface area is 134 Å². The topological polar surface area (TPSA) is 79.5 Å². The van der Waals surface area contributed by atoms with E-state index in [0.717, 1.165) is 0 Å². The minimum Gasteiger partial charge on any atom is -0.406 e. The van der Waals surface area contributed by atoms with Crippen LogP contribution in [0.25, 0.3) is 11.4 Å². The smallest absolute Gasteiger partial charge is 0.406 e. The molecule has 0 spiro atoms. The molecule has 0 atom stereocenters. The lowest BCUT2D eigenvalue weighted by Gasteiger charge is -2.11. The monoisotopic (exact) mass is 333 g/mol. The van der Waals surface area contributed by atoms with Crippen molar-refractivity contribution < 1.29 is 17.9 Å². The zero-order valence-corrected chi connectivity index (χ0v) is 12.1. The number of rotatable bonds is 4. The van der Waals surface area contributed by atoms with Crippen LogP contribution in [-0.4, -0.2) is 26.3 Å². The number of nitrogens with one attached hydrogen (secondary N) is 1. The molecule has 0 aliphatic rings. The van der Waals surface area contributed by atoms with Crippen molar-refractivity contribution in [3.63, 3.8) is 0 Å². The highest BCUT2D eigenvalue weighted by Gasteiger charge is 2.31. The second kappa shape index (κ2) is 6.08. The van der Waals surface area contributed by atoms with Crippen LogP contribution in [-0.2, 0) is 6.54 Å². The summed E-state index contributed by atoms with van der Waals surface area (Å²) in [5, 5.41) is 19.1. The molecule has 0 bridgehead atoms. The second-order valence-electron chi connectivity index (χ2n) is 4.85. The average molecular weight is 333 g/mol. The predicted octanol–water partition coefficient (Wildman–Crippen LogP) is 3.09. The van der Waals surface area contributed by atoms with Gasteiger partial charge in [-0.15, -0.1) is 18.3 Å². The Morgan fingerprint density at radius 2 is 2.04 bits per heavy atom. The number of halogens is 3. The van der Waals surface area contributed by atoms with Crippen molar-refractivity contribution in [3.05, 3.63) is 53.9 Å². The number of nitrogens with zero attached hydrogens (tertiary/aromatic N) is 4. The molecule has 0 fully saturated rings. The van der Waals surface area contributed by atoms with Gasteiger partial charge in [-0.2, -0.15) is 15.6 Å². The summed E-state index contributed by atoms with van der Waals surface area (Å²) in [7, 11) is 0. The highest BCUT2D eigenvalue weighted by atomic mass is 19.4. The molecule has 0 aliphatic carbocycles. The van der Waals surface area contributed by atoms with Crippen LogP contribution < -0.4 is 4.74 Å². The van der Waals surface area contributed by atoms with Crippen molar-refractivity contribution in [1.29, 1.82) is 5.26 Å². The fourth-order valence-electron chi connectivity index (χ4n) is 2.29. The Kier molecular flexibility index (Phi) is 3.95. The lowest BCUT2D eigenvalue weighted by molar-refractivity contribution is -0.274. The normalized spacial score (nSPS) is 11.2. The molecule has 1 aromatic carbocycles. The van der Waals surface area contributed by atoms with Crippen LogP contribution in [0.3, 0.4) is 0 Å². The van der Waals surface area contributed by atoms with E-state index < -0.39 is 6.36 Å². The zero-order chi connectivity index (χ0) is 17.2. The quantitative estimate of drug-likeness (QED) is 0.796. The van der Waals surface area contributed by atoms with E-state index >= 15 is 0 Å². The molecule has 122 valence electrons. The van der Waals surface area contributed by atoms with Crippen molar-refractivity contribution in [2.45, 2.75) is 12.9 Å². The van der Waals surface area contributed by atoms with Crippen LogP contribution in [0.1, 0.15) is 11.3 Å². The first kappa shape index (κ1) is 15.6. The summed E-state index contributed by atoms with van der Waals surface area (Å²) in [4.78, 5) is 0. The molecule has 3 aromatic rings. The van der Waals surface area contributed by atoms with Crippen molar-refractivity contribution in [1.82, 2.24) is 20.0 Å². The number of hydrogen-bond acceptors (Lipinski definition) is 4. The fraction of sp³-hybridized carbons (Fsp3) is 0.133. The van der Waals surface area contributed by atoms with E-state index in [1.807, 2.05) is 6.07 Å². The molecule has 24 heavy (non-hydrogen) atoms. The van der Waals surface area contributed by atoms with Crippen molar-refractivity contribution >= 4 is 0 Å². The Morgan fingerprint density at radius 3 is 2.79 bits per heavy atom. The van der Waals surface area contributed by atoms with Crippen molar-refractivity contribution in [2.75, 3.05) is 0 Å². The van der Waals surface area contributed by atoms with Crippen LogP contribution in [0.15, 0.2) is 42.6 Å². The SMILES string of the molecule is N#Cc1n[nH]nc1-c1cccn1Cc1cccc(OC(F)(F)F)c1. The first-order valence-corrected chi connectivity index (χ1v) is 6.77. The zero-order valence-electron chi connectivity index (χ0n) is 12.1. The molecule has 0 amide bonds. The molecule has 3 rings (SSSR count). The Morgan fingerprint density at radius 1 is 1.21 bits per heavy atom. The average Bonchev–Trinajstić information content (AvgIpc) is 3.13. The molecule has 2 heterocycles. The maximum Gasteiger partial charge on any atom is 0.573 e. The largest absolute Gasteiger partial charge is 0.573 e. The van der Waals surface area contributed by atoms with Gasteiger partial charge in [-0.3, -0.25) is 0 Å². The van der Waals surface area contributed by atoms with Crippen LogP contribution in [0, 0.1) is 11.3 Å². The summed E-state index contributed by atoms with van der Waals surface area (Å²) in [6.07, 6.45) is -3.00. The van der Waals surface area contributed by atoms with E-state index in [0.29, 0.717) is 17.0 Å². The van der Waals surface area contributed by atoms with Gasteiger partial charge in [0.1, 0.15) is 17.5 Å². The van der Waals surface area contributed by atoms with Crippen LogP contribution in [0.2, 0.25) is 0 Å². The molecular weight excluding hydrogens is 323 g/mol. The molecule has 0 radical (unpaired) electrons. The molecule has 0 saturated heterocycles. The van der Waals surface area contributed by atoms with Crippen LogP contribution in [0.4, 0.5) is 13.2 Å². The number of benzene rings is 1. The number of nitriles is 1. The lowest BCUT2D eigenvalue weighted by Crippen LogP contribution is -2.17. The molecular formula is C15H10F3N5O. The van der Waals surface area contributed by atoms with Gasteiger partial charge in [-0.05, 0) is 29.8 Å². The standard InChI is InChI=1S/C15H10F3N5O/c16-15(17,18)24-11-4-1-3-10(7-11)9-23-6-2-5-13(23)14-12(8-19)20-22-21-14/h1-7H,9H2,(H,20,21,22). The minimum atomic E-state index is -4.74. The van der Waals surface area contributed by atoms with Gasteiger partial charge < -0.3 is 9.30 Å². The Bertz CT molecular complexity index is 891. The van der Waals surface area contributed by atoms with Gasteiger partial charge in [0.25, 0.3) is 0 Å². The van der Waals surface area contributed by atoms with Gasteiger partial charge in [0.15, 0.2) is 5.69 Å². The maximum atomic E-state index is 12.3. The molecule has 6 nitrogen and oxygen atoms in total. The summed E-state index contributed by atoms with van der Waals surface area (Å²) in [5.74, 6) is -0.284. The van der Waals surface area contributed by atoms with Gasteiger partial charge in [0.05, 0.1) is 5.69 Å². The van der Waals surface area contributed by atoms with Gasteiger partial charge in [-0.1, -0.05) is 12.1 Å². The predicted molar refractivity (Wildman–Crippen MR) is 76.8 cm³/mol. The molecule has 1 N–H and O–H groups in total. The number of aromatic amines is 1. The number of alkyl halides is 3. The fourth-order valence-corrected chi connectivity index (χ4v) is 2.29. The number of ether oxygens (including phenoxy) is 1. The van der Waals surface area contributed by atoms with Gasteiger partial charge in [0, 0.05) is 12.7 Å². The van der Waals surface area contributed by atoms with Crippen molar-refractivity contribution in [3.8, 4) is 23.2 Å². The van der Waals surface area contributed by atoms with Gasteiger partial charge >= 0.3 is 6.36 Å². The molecule has 0 unspecified atom stereocenters. The summed E-state index contributed by atoms with van der Waals surface area (Å²) in [6, 6.07) is 11.1. The number of aromatic nitrogens is 4. The molecule has 2 aromatic heterocycles. The van der Waals surface area contributed by atoms with E-state index in [1.165, 1.54) is 18.2 Å². The van der Waals surface area contributed by atoms with E-state index in [2.05, 4.69) is 20.1 Å². The number of hydrogen-bond donors (Lipinski definition) is 1. The van der Waals surface area contributed by atoms with E-state index in [1.54, 1.807) is 29.0 Å². The Hall–Kier alpha value is -3.28. The van der Waals surface area contributed by atoms with E-state index in [-0.39, 0.29) is 18.0 Å². The van der Waals surface area contributed by atoms with Crippen molar-refractivity contribution in [2.24, 2.45) is 0 Å². The highest BCUT2D eigenvalue weighted by Crippen LogP contribution is 2.25. The second-order valence-corrected chi connectivity index (χ2v) is 4.85. The molecule has 9 heteroatoms. The first-order chi connectivity index (χ1) is 11.5. The van der Waals surface area contributed by atoms with E-state index in [9.17, 15) is 13.2 Å². The third-order valence-electron chi connectivity index (χ3n) is 3.21. The third kappa shape index (κ3) is 3.38. The van der Waals surface area contributed by atoms with Gasteiger partial charge in [0.2, 0.25) is 0 Å². The first-order valence-electron chi connectivity index (χ1n) is 6.77. The van der Waals surface area contributed by atoms with E-state index in [4.69, 9.17) is 5.26 Å². The summed E-state index contributed by atoms with van der Waals surface area (Å²) in [5.41, 5.74) is 1.76. The summed E-state index contributed by atoms with van der Waals surface area (Å²) >= 11 is 0. The highest BCUT2D eigenvalue weighted by molar-refractivity contribution is 5.61. The third-order valence-corrected chi connectivity index (χ3v) is 3.21. The summed E-state index contributed by atoms with van der Waals surface area (Å²) in [6.45, 7) is 0.287. The summed E-state index contributed by atoms with van der Waals surface area (Å²) < 4.78 is 42.6.